The maximum atomic E-state index is 10.8. The van der Waals surface area contributed by atoms with E-state index in [9.17, 15) is 4.79 Å². The fraction of sp³-hybridized carbons (Fsp3) is 0.133. The standard InChI is InChI=1S/C15H14BrNO2/c1-10-4-2-3-5-12(10)9-17-14-7-6-11(15(18)19)8-13(14)16/h2-8,17H,9H2,1H3,(H,18,19). The van der Waals surface area contributed by atoms with Crippen molar-refractivity contribution in [3.63, 3.8) is 0 Å². The summed E-state index contributed by atoms with van der Waals surface area (Å²) in [6.07, 6.45) is 0. The van der Waals surface area contributed by atoms with Gasteiger partial charge in [-0.3, -0.25) is 0 Å². The molecule has 0 saturated carbocycles. The van der Waals surface area contributed by atoms with Gasteiger partial charge in [-0.1, -0.05) is 24.3 Å². The van der Waals surface area contributed by atoms with Crippen molar-refractivity contribution in [2.75, 3.05) is 5.32 Å². The Balaban J connectivity index is 2.12. The highest BCUT2D eigenvalue weighted by Crippen LogP contribution is 2.24. The van der Waals surface area contributed by atoms with E-state index >= 15 is 0 Å². The Hall–Kier alpha value is -1.81. The van der Waals surface area contributed by atoms with Crippen molar-refractivity contribution in [1.82, 2.24) is 0 Å². The first-order chi connectivity index (χ1) is 9.08. The number of anilines is 1. The largest absolute Gasteiger partial charge is 0.478 e. The molecule has 0 heterocycles. The van der Waals surface area contributed by atoms with Crippen LogP contribution in [0.25, 0.3) is 0 Å². The van der Waals surface area contributed by atoms with Gasteiger partial charge in [-0.25, -0.2) is 4.79 Å². The average molecular weight is 320 g/mol. The lowest BCUT2D eigenvalue weighted by molar-refractivity contribution is 0.0697. The average Bonchev–Trinajstić information content (AvgIpc) is 2.39. The third-order valence-electron chi connectivity index (χ3n) is 2.95. The Kier molecular flexibility index (Phi) is 4.22. The number of carboxylic acid groups (broad SMARTS) is 1. The predicted octanol–water partition coefficient (Wildman–Crippen LogP) is 4.07. The molecule has 3 nitrogen and oxygen atoms in total. The van der Waals surface area contributed by atoms with Crippen LogP contribution >= 0.6 is 15.9 Å². The van der Waals surface area contributed by atoms with Crippen LogP contribution in [0.3, 0.4) is 0 Å². The molecular formula is C15H14BrNO2. The van der Waals surface area contributed by atoms with Crippen molar-refractivity contribution < 1.29 is 9.90 Å². The smallest absolute Gasteiger partial charge is 0.335 e. The molecule has 2 N–H and O–H groups in total. The minimum atomic E-state index is -0.925. The van der Waals surface area contributed by atoms with Gasteiger partial charge in [-0.2, -0.15) is 0 Å². The molecule has 4 heteroatoms. The zero-order chi connectivity index (χ0) is 13.8. The van der Waals surface area contributed by atoms with Crippen LogP contribution in [0.15, 0.2) is 46.9 Å². The van der Waals surface area contributed by atoms with Crippen molar-refractivity contribution in [2.45, 2.75) is 13.5 Å². The molecule has 0 unspecified atom stereocenters. The lowest BCUT2D eigenvalue weighted by atomic mass is 10.1. The first kappa shape index (κ1) is 13.6. The molecule has 0 saturated heterocycles. The van der Waals surface area contributed by atoms with Gasteiger partial charge in [0.1, 0.15) is 0 Å². The summed E-state index contributed by atoms with van der Waals surface area (Å²) in [5, 5.41) is 12.2. The molecule has 98 valence electrons. The lowest BCUT2D eigenvalue weighted by Crippen LogP contribution is -2.03. The quantitative estimate of drug-likeness (QED) is 0.893. The number of aromatic carboxylic acids is 1. The Labute approximate surface area is 120 Å². The first-order valence-corrected chi connectivity index (χ1v) is 6.68. The van der Waals surface area contributed by atoms with E-state index < -0.39 is 5.97 Å². The molecule has 0 amide bonds. The highest BCUT2D eigenvalue weighted by molar-refractivity contribution is 9.10. The van der Waals surface area contributed by atoms with E-state index in [4.69, 9.17) is 5.11 Å². The second-order valence-corrected chi connectivity index (χ2v) is 5.13. The van der Waals surface area contributed by atoms with Gasteiger partial charge in [0.05, 0.1) is 5.56 Å². The molecule has 2 aromatic rings. The van der Waals surface area contributed by atoms with Crippen LogP contribution in [0, 0.1) is 6.92 Å². The summed E-state index contributed by atoms with van der Waals surface area (Å²) in [7, 11) is 0. The van der Waals surface area contributed by atoms with Gasteiger partial charge >= 0.3 is 5.97 Å². The Morgan fingerprint density at radius 1 is 1.26 bits per heavy atom. The van der Waals surface area contributed by atoms with Crippen LogP contribution < -0.4 is 5.32 Å². The van der Waals surface area contributed by atoms with Gasteiger partial charge in [0.2, 0.25) is 0 Å². The summed E-state index contributed by atoms with van der Waals surface area (Å²) in [5.41, 5.74) is 3.60. The number of rotatable bonds is 4. The van der Waals surface area contributed by atoms with Gasteiger partial charge in [-0.05, 0) is 52.2 Å². The van der Waals surface area contributed by atoms with E-state index in [0.29, 0.717) is 6.54 Å². The topological polar surface area (TPSA) is 49.3 Å². The number of nitrogens with one attached hydrogen (secondary N) is 1. The van der Waals surface area contributed by atoms with E-state index in [1.54, 1.807) is 18.2 Å². The highest BCUT2D eigenvalue weighted by Gasteiger charge is 2.06. The number of hydrogen-bond donors (Lipinski definition) is 2. The van der Waals surface area contributed by atoms with Crippen molar-refractivity contribution in [3.05, 3.63) is 63.6 Å². The van der Waals surface area contributed by atoms with Gasteiger partial charge in [0, 0.05) is 16.7 Å². The first-order valence-electron chi connectivity index (χ1n) is 5.89. The second kappa shape index (κ2) is 5.89. The van der Waals surface area contributed by atoms with Crippen LogP contribution in [-0.4, -0.2) is 11.1 Å². The summed E-state index contributed by atoms with van der Waals surface area (Å²) >= 11 is 3.38. The summed E-state index contributed by atoms with van der Waals surface area (Å²) < 4.78 is 0.751. The monoisotopic (exact) mass is 319 g/mol. The number of carboxylic acids is 1. The van der Waals surface area contributed by atoms with Crippen molar-refractivity contribution in [3.8, 4) is 0 Å². The molecule has 0 aromatic heterocycles. The fourth-order valence-corrected chi connectivity index (χ4v) is 2.31. The Morgan fingerprint density at radius 3 is 2.63 bits per heavy atom. The van der Waals surface area contributed by atoms with Crippen LogP contribution in [0.2, 0.25) is 0 Å². The zero-order valence-electron chi connectivity index (χ0n) is 10.5. The van der Waals surface area contributed by atoms with E-state index in [1.807, 2.05) is 12.1 Å². The van der Waals surface area contributed by atoms with E-state index in [2.05, 4.69) is 40.3 Å². The molecule has 0 fully saturated rings. The molecule has 0 atom stereocenters. The molecule has 0 spiro atoms. The van der Waals surface area contributed by atoms with Crippen LogP contribution in [0.4, 0.5) is 5.69 Å². The molecule has 0 aliphatic heterocycles. The summed E-state index contributed by atoms with van der Waals surface area (Å²) in [4.78, 5) is 10.8. The Bertz CT molecular complexity index is 611. The normalized spacial score (nSPS) is 10.2. The third-order valence-corrected chi connectivity index (χ3v) is 3.60. The highest BCUT2D eigenvalue weighted by atomic mass is 79.9. The molecule has 0 aliphatic rings. The van der Waals surface area contributed by atoms with Crippen LogP contribution in [0.1, 0.15) is 21.5 Å². The third kappa shape index (κ3) is 3.35. The number of benzene rings is 2. The maximum Gasteiger partial charge on any atom is 0.335 e. The van der Waals surface area contributed by atoms with Gasteiger partial charge in [-0.15, -0.1) is 0 Å². The molecule has 19 heavy (non-hydrogen) atoms. The number of carbonyl (C=O) groups is 1. The summed E-state index contributed by atoms with van der Waals surface area (Å²) in [6, 6.07) is 13.1. The van der Waals surface area contributed by atoms with Gasteiger partial charge in [0.15, 0.2) is 0 Å². The SMILES string of the molecule is Cc1ccccc1CNc1ccc(C(=O)O)cc1Br. The minimum Gasteiger partial charge on any atom is -0.478 e. The van der Waals surface area contributed by atoms with Gasteiger partial charge in [0.25, 0.3) is 0 Å². The molecule has 0 bridgehead atoms. The number of aryl methyl sites for hydroxylation is 1. The summed E-state index contributed by atoms with van der Waals surface area (Å²) in [5.74, 6) is -0.925. The molecule has 2 aromatic carbocycles. The number of halogens is 1. The molecule has 0 radical (unpaired) electrons. The lowest BCUT2D eigenvalue weighted by Gasteiger charge is -2.11. The predicted molar refractivity (Wildman–Crippen MR) is 79.6 cm³/mol. The van der Waals surface area contributed by atoms with E-state index in [-0.39, 0.29) is 5.56 Å². The van der Waals surface area contributed by atoms with Crippen LogP contribution in [-0.2, 0) is 6.54 Å². The van der Waals surface area contributed by atoms with E-state index in [0.717, 1.165) is 10.2 Å². The molecular weight excluding hydrogens is 306 g/mol. The number of hydrogen-bond acceptors (Lipinski definition) is 2. The van der Waals surface area contributed by atoms with Gasteiger partial charge < -0.3 is 10.4 Å². The summed E-state index contributed by atoms with van der Waals surface area (Å²) in [6.45, 7) is 2.78. The molecule has 2 rings (SSSR count). The van der Waals surface area contributed by atoms with Crippen LogP contribution in [0.5, 0.6) is 0 Å². The zero-order valence-corrected chi connectivity index (χ0v) is 12.1. The second-order valence-electron chi connectivity index (χ2n) is 4.28. The Morgan fingerprint density at radius 2 is 2.00 bits per heavy atom. The molecule has 0 aliphatic carbocycles. The van der Waals surface area contributed by atoms with E-state index in [1.165, 1.54) is 11.1 Å². The van der Waals surface area contributed by atoms with Crippen molar-refractivity contribution in [2.24, 2.45) is 0 Å². The van der Waals surface area contributed by atoms with Crippen molar-refractivity contribution in [1.29, 1.82) is 0 Å². The minimum absolute atomic E-state index is 0.272. The van der Waals surface area contributed by atoms with Crippen molar-refractivity contribution >= 4 is 27.6 Å². The fourth-order valence-electron chi connectivity index (χ4n) is 1.79. The maximum absolute atomic E-state index is 10.8.